The fourth-order valence-electron chi connectivity index (χ4n) is 1.78. The molecule has 3 nitrogen and oxygen atoms in total. The number of ether oxygens (including phenoxy) is 1. The van der Waals surface area contributed by atoms with Gasteiger partial charge in [0.25, 0.3) is 0 Å². The predicted octanol–water partition coefficient (Wildman–Crippen LogP) is 3.07. The van der Waals surface area contributed by atoms with Crippen molar-refractivity contribution in [3.8, 4) is 5.75 Å². The SMILES string of the molecule is Cc1csc(C(O)c2cccc(OC3CC3)c2)n1. The standard InChI is InChI=1S/C14H15NO2S/c1-9-8-18-14(15-9)13(16)10-3-2-4-12(7-10)17-11-5-6-11/h2-4,7-8,11,13,16H,5-6H2,1H3. The fourth-order valence-corrected chi connectivity index (χ4v) is 2.58. The lowest BCUT2D eigenvalue weighted by Gasteiger charge is -2.10. The maximum absolute atomic E-state index is 10.3. The third kappa shape index (κ3) is 2.54. The summed E-state index contributed by atoms with van der Waals surface area (Å²) in [5.74, 6) is 0.835. The summed E-state index contributed by atoms with van der Waals surface area (Å²) in [6.07, 6.45) is 1.99. The van der Waals surface area contributed by atoms with Crippen molar-refractivity contribution < 1.29 is 9.84 Å². The summed E-state index contributed by atoms with van der Waals surface area (Å²) in [6, 6.07) is 7.65. The average Bonchev–Trinajstić information content (AvgIpc) is 3.08. The highest BCUT2D eigenvalue weighted by Crippen LogP contribution is 2.30. The summed E-state index contributed by atoms with van der Waals surface area (Å²) < 4.78 is 5.73. The van der Waals surface area contributed by atoms with Gasteiger partial charge in [-0.05, 0) is 37.5 Å². The molecular formula is C14H15NO2S. The molecule has 94 valence electrons. The van der Waals surface area contributed by atoms with Crippen molar-refractivity contribution in [3.63, 3.8) is 0 Å². The number of hydrogen-bond donors (Lipinski definition) is 1. The first kappa shape index (κ1) is 11.7. The molecule has 4 heteroatoms. The van der Waals surface area contributed by atoms with Gasteiger partial charge < -0.3 is 9.84 Å². The Morgan fingerprint density at radius 1 is 1.44 bits per heavy atom. The summed E-state index contributed by atoms with van der Waals surface area (Å²) >= 11 is 1.48. The normalized spacial score (nSPS) is 16.6. The molecular weight excluding hydrogens is 246 g/mol. The van der Waals surface area contributed by atoms with Gasteiger partial charge >= 0.3 is 0 Å². The molecule has 3 rings (SSSR count). The average molecular weight is 261 g/mol. The summed E-state index contributed by atoms with van der Waals surface area (Å²) in [5, 5.41) is 13.0. The third-order valence-corrected chi connectivity index (χ3v) is 3.89. The molecule has 1 aromatic carbocycles. The van der Waals surface area contributed by atoms with E-state index < -0.39 is 6.10 Å². The van der Waals surface area contributed by atoms with Crippen molar-refractivity contribution in [2.45, 2.75) is 32.0 Å². The van der Waals surface area contributed by atoms with E-state index in [0.29, 0.717) is 6.10 Å². The van der Waals surface area contributed by atoms with Crippen molar-refractivity contribution in [2.75, 3.05) is 0 Å². The molecule has 0 aliphatic heterocycles. The first-order valence-corrected chi connectivity index (χ1v) is 6.97. The van der Waals surface area contributed by atoms with E-state index in [1.807, 2.05) is 36.6 Å². The molecule has 1 fully saturated rings. The lowest BCUT2D eigenvalue weighted by atomic mass is 10.1. The first-order valence-electron chi connectivity index (χ1n) is 6.09. The Balaban J connectivity index is 1.81. The number of aromatic nitrogens is 1. The monoisotopic (exact) mass is 261 g/mol. The lowest BCUT2D eigenvalue weighted by Crippen LogP contribution is -2.01. The molecule has 2 aromatic rings. The van der Waals surface area contributed by atoms with E-state index in [1.54, 1.807) is 0 Å². The van der Waals surface area contributed by atoms with Crippen LogP contribution in [0.15, 0.2) is 29.6 Å². The number of hydrogen-bond acceptors (Lipinski definition) is 4. The molecule has 1 heterocycles. The van der Waals surface area contributed by atoms with Gasteiger partial charge in [0.05, 0.1) is 6.10 Å². The third-order valence-electron chi connectivity index (χ3n) is 2.87. The molecule has 0 saturated heterocycles. The van der Waals surface area contributed by atoms with E-state index in [4.69, 9.17) is 4.74 Å². The van der Waals surface area contributed by atoms with Gasteiger partial charge in [0.15, 0.2) is 0 Å². The van der Waals surface area contributed by atoms with E-state index in [9.17, 15) is 5.11 Å². The van der Waals surface area contributed by atoms with Gasteiger partial charge in [-0.2, -0.15) is 0 Å². The van der Waals surface area contributed by atoms with Crippen LogP contribution in [0.4, 0.5) is 0 Å². The van der Waals surface area contributed by atoms with Crippen LogP contribution in [-0.4, -0.2) is 16.2 Å². The van der Waals surface area contributed by atoms with Crippen LogP contribution < -0.4 is 4.74 Å². The summed E-state index contributed by atoms with van der Waals surface area (Å²) in [4.78, 5) is 4.32. The Morgan fingerprint density at radius 2 is 2.28 bits per heavy atom. The summed E-state index contributed by atoms with van der Waals surface area (Å²) in [5.41, 5.74) is 1.78. The molecule has 1 unspecified atom stereocenters. The maximum atomic E-state index is 10.3. The van der Waals surface area contributed by atoms with Crippen LogP contribution in [0.1, 0.15) is 35.2 Å². The number of thiazole rings is 1. The minimum absolute atomic E-state index is 0.375. The molecule has 0 spiro atoms. The van der Waals surface area contributed by atoms with E-state index in [0.717, 1.165) is 34.9 Å². The summed E-state index contributed by atoms with van der Waals surface area (Å²) in [7, 11) is 0. The molecule has 1 atom stereocenters. The lowest BCUT2D eigenvalue weighted by molar-refractivity contribution is 0.218. The Morgan fingerprint density at radius 3 is 2.94 bits per heavy atom. The molecule has 1 aliphatic rings. The predicted molar refractivity (Wildman–Crippen MR) is 71.0 cm³/mol. The van der Waals surface area contributed by atoms with E-state index in [-0.39, 0.29) is 0 Å². The van der Waals surface area contributed by atoms with Crippen LogP contribution in [0.3, 0.4) is 0 Å². The van der Waals surface area contributed by atoms with Gasteiger partial charge in [-0.25, -0.2) is 4.98 Å². The minimum atomic E-state index is -0.661. The van der Waals surface area contributed by atoms with Crippen LogP contribution in [0.25, 0.3) is 0 Å². The van der Waals surface area contributed by atoms with E-state index in [1.165, 1.54) is 11.3 Å². The van der Waals surface area contributed by atoms with Crippen molar-refractivity contribution in [1.82, 2.24) is 4.98 Å². The zero-order chi connectivity index (χ0) is 12.5. The van der Waals surface area contributed by atoms with Crippen LogP contribution in [0.5, 0.6) is 5.75 Å². The van der Waals surface area contributed by atoms with Crippen molar-refractivity contribution in [1.29, 1.82) is 0 Å². The fraction of sp³-hybridized carbons (Fsp3) is 0.357. The minimum Gasteiger partial charge on any atom is -0.490 e. The van der Waals surface area contributed by atoms with Gasteiger partial charge in [-0.15, -0.1) is 11.3 Å². The second-order valence-electron chi connectivity index (χ2n) is 4.62. The molecule has 1 N–H and O–H groups in total. The zero-order valence-electron chi connectivity index (χ0n) is 10.2. The van der Waals surface area contributed by atoms with Gasteiger partial charge in [0.1, 0.15) is 16.9 Å². The van der Waals surface area contributed by atoms with Crippen LogP contribution in [-0.2, 0) is 0 Å². The largest absolute Gasteiger partial charge is 0.490 e. The quantitative estimate of drug-likeness (QED) is 0.919. The van der Waals surface area contributed by atoms with Crippen molar-refractivity contribution in [2.24, 2.45) is 0 Å². The molecule has 1 aliphatic carbocycles. The van der Waals surface area contributed by atoms with Crippen LogP contribution >= 0.6 is 11.3 Å². The van der Waals surface area contributed by atoms with Crippen LogP contribution in [0.2, 0.25) is 0 Å². The molecule has 0 bridgehead atoms. The Labute approximate surface area is 110 Å². The Bertz CT molecular complexity index is 548. The number of aliphatic hydroxyl groups is 1. The number of aryl methyl sites for hydroxylation is 1. The highest BCUT2D eigenvalue weighted by Gasteiger charge is 2.24. The number of rotatable bonds is 4. The van der Waals surface area contributed by atoms with E-state index in [2.05, 4.69) is 4.98 Å². The highest BCUT2D eigenvalue weighted by atomic mass is 32.1. The second kappa shape index (κ2) is 4.71. The van der Waals surface area contributed by atoms with Crippen molar-refractivity contribution >= 4 is 11.3 Å². The Hall–Kier alpha value is -1.39. The van der Waals surface area contributed by atoms with Gasteiger partial charge in [0, 0.05) is 11.1 Å². The maximum Gasteiger partial charge on any atom is 0.131 e. The Kier molecular flexibility index (Phi) is 3.06. The zero-order valence-corrected chi connectivity index (χ0v) is 11.0. The molecule has 1 saturated carbocycles. The topological polar surface area (TPSA) is 42.4 Å². The second-order valence-corrected chi connectivity index (χ2v) is 5.51. The van der Waals surface area contributed by atoms with E-state index >= 15 is 0 Å². The smallest absolute Gasteiger partial charge is 0.131 e. The summed E-state index contributed by atoms with van der Waals surface area (Å²) in [6.45, 7) is 1.93. The van der Waals surface area contributed by atoms with Gasteiger partial charge in [-0.3, -0.25) is 0 Å². The number of aliphatic hydroxyl groups excluding tert-OH is 1. The van der Waals surface area contributed by atoms with Gasteiger partial charge in [0.2, 0.25) is 0 Å². The molecule has 18 heavy (non-hydrogen) atoms. The number of benzene rings is 1. The number of nitrogens with zero attached hydrogens (tertiary/aromatic N) is 1. The first-order chi connectivity index (χ1) is 8.72. The highest BCUT2D eigenvalue weighted by molar-refractivity contribution is 7.09. The van der Waals surface area contributed by atoms with Crippen molar-refractivity contribution in [3.05, 3.63) is 45.9 Å². The van der Waals surface area contributed by atoms with Crippen LogP contribution in [0, 0.1) is 6.92 Å². The molecule has 0 radical (unpaired) electrons. The molecule has 0 amide bonds. The van der Waals surface area contributed by atoms with Gasteiger partial charge in [-0.1, -0.05) is 12.1 Å². The molecule has 1 aromatic heterocycles.